The standard InChI is InChI=1S/C10H19NO2/c1-13-6-9(5-12)11-7-10(8-11)3-2-4-10/h9,12H,2-8H2,1H3. The van der Waals surface area contributed by atoms with Crippen LogP contribution in [0.5, 0.6) is 0 Å². The molecule has 0 aromatic rings. The molecule has 1 aliphatic carbocycles. The van der Waals surface area contributed by atoms with Crippen molar-refractivity contribution < 1.29 is 9.84 Å². The SMILES string of the molecule is COCC(CO)N1CC2(CCC2)C1. The van der Waals surface area contributed by atoms with Gasteiger partial charge in [-0.3, -0.25) is 4.90 Å². The van der Waals surface area contributed by atoms with E-state index in [4.69, 9.17) is 9.84 Å². The second kappa shape index (κ2) is 3.56. The molecule has 0 radical (unpaired) electrons. The number of ether oxygens (including phenoxy) is 1. The lowest BCUT2D eigenvalue weighted by atomic mass is 9.63. The minimum atomic E-state index is 0.226. The van der Waals surface area contributed by atoms with Crippen LogP contribution in [0.25, 0.3) is 0 Å². The average Bonchev–Trinajstić information content (AvgIpc) is 1.97. The maximum Gasteiger partial charge on any atom is 0.0640 e. The van der Waals surface area contributed by atoms with Crippen LogP contribution in [0.15, 0.2) is 0 Å². The van der Waals surface area contributed by atoms with Gasteiger partial charge in [0.1, 0.15) is 0 Å². The Kier molecular flexibility index (Phi) is 2.58. The van der Waals surface area contributed by atoms with E-state index in [1.807, 2.05) is 0 Å². The predicted molar refractivity (Wildman–Crippen MR) is 50.6 cm³/mol. The zero-order chi connectivity index (χ0) is 9.31. The van der Waals surface area contributed by atoms with E-state index in [0.29, 0.717) is 12.0 Å². The van der Waals surface area contributed by atoms with Crippen molar-refractivity contribution in [3.63, 3.8) is 0 Å². The second-order valence-electron chi connectivity index (χ2n) is 4.55. The van der Waals surface area contributed by atoms with E-state index in [0.717, 1.165) is 0 Å². The van der Waals surface area contributed by atoms with Crippen LogP contribution >= 0.6 is 0 Å². The Morgan fingerprint density at radius 1 is 1.46 bits per heavy atom. The summed E-state index contributed by atoms with van der Waals surface area (Å²) >= 11 is 0. The first-order chi connectivity index (χ1) is 6.29. The molecule has 1 unspecified atom stereocenters. The number of rotatable bonds is 4. The lowest BCUT2D eigenvalue weighted by Crippen LogP contribution is -2.64. The van der Waals surface area contributed by atoms with E-state index in [1.54, 1.807) is 7.11 Å². The molecule has 3 heteroatoms. The Bertz CT molecular complexity index is 172. The molecule has 1 N–H and O–H groups in total. The topological polar surface area (TPSA) is 32.7 Å². The van der Waals surface area contributed by atoms with Crippen molar-refractivity contribution in [3.8, 4) is 0 Å². The van der Waals surface area contributed by atoms with Crippen LogP contribution in [0, 0.1) is 5.41 Å². The summed E-state index contributed by atoms with van der Waals surface area (Å²) in [6, 6.07) is 0.233. The highest BCUT2D eigenvalue weighted by Crippen LogP contribution is 2.48. The quantitative estimate of drug-likeness (QED) is 0.691. The third-order valence-electron chi connectivity index (χ3n) is 3.58. The van der Waals surface area contributed by atoms with Crippen molar-refractivity contribution in [1.82, 2.24) is 4.90 Å². The summed E-state index contributed by atoms with van der Waals surface area (Å²) in [4.78, 5) is 2.35. The number of nitrogens with zero attached hydrogens (tertiary/aromatic N) is 1. The molecule has 2 aliphatic rings. The number of hydrogen-bond acceptors (Lipinski definition) is 3. The summed E-state index contributed by atoms with van der Waals surface area (Å²) in [6.45, 7) is 3.25. The van der Waals surface area contributed by atoms with Gasteiger partial charge in [0.2, 0.25) is 0 Å². The molecule has 1 saturated carbocycles. The number of methoxy groups -OCH3 is 1. The fraction of sp³-hybridized carbons (Fsp3) is 1.00. The maximum atomic E-state index is 9.13. The van der Waals surface area contributed by atoms with Gasteiger partial charge in [-0.25, -0.2) is 0 Å². The molecule has 76 valence electrons. The largest absolute Gasteiger partial charge is 0.395 e. The molecule has 2 rings (SSSR count). The van der Waals surface area contributed by atoms with Gasteiger partial charge in [0, 0.05) is 20.2 Å². The summed E-state index contributed by atoms with van der Waals surface area (Å²) in [6.07, 6.45) is 4.20. The molecule has 0 bridgehead atoms. The molecule has 0 amide bonds. The fourth-order valence-corrected chi connectivity index (χ4v) is 2.53. The summed E-state index contributed by atoms with van der Waals surface area (Å²) in [5, 5.41) is 9.13. The molecule has 1 atom stereocenters. The summed E-state index contributed by atoms with van der Waals surface area (Å²) in [5.41, 5.74) is 0.654. The first-order valence-corrected chi connectivity index (χ1v) is 5.13. The van der Waals surface area contributed by atoms with Crippen molar-refractivity contribution in [2.45, 2.75) is 25.3 Å². The van der Waals surface area contributed by atoms with Crippen molar-refractivity contribution in [2.75, 3.05) is 33.4 Å². The van der Waals surface area contributed by atoms with Gasteiger partial charge in [0.25, 0.3) is 0 Å². The van der Waals surface area contributed by atoms with Gasteiger partial charge in [-0.2, -0.15) is 0 Å². The van der Waals surface area contributed by atoms with E-state index in [1.165, 1.54) is 32.4 Å². The van der Waals surface area contributed by atoms with Crippen LogP contribution < -0.4 is 0 Å². The van der Waals surface area contributed by atoms with E-state index in [-0.39, 0.29) is 12.6 Å². The molecule has 0 aromatic carbocycles. The van der Waals surface area contributed by atoms with Gasteiger partial charge in [-0.05, 0) is 18.3 Å². The van der Waals surface area contributed by atoms with Gasteiger partial charge in [0.05, 0.1) is 19.3 Å². The van der Waals surface area contributed by atoms with Gasteiger partial charge in [0.15, 0.2) is 0 Å². The third-order valence-corrected chi connectivity index (χ3v) is 3.58. The van der Waals surface area contributed by atoms with Gasteiger partial charge in [-0.15, -0.1) is 0 Å². The minimum Gasteiger partial charge on any atom is -0.395 e. The third kappa shape index (κ3) is 1.60. The maximum absolute atomic E-state index is 9.13. The van der Waals surface area contributed by atoms with Crippen molar-refractivity contribution in [1.29, 1.82) is 0 Å². The Morgan fingerprint density at radius 2 is 2.15 bits per heavy atom. The molecular formula is C10H19NO2. The molecule has 1 saturated heterocycles. The zero-order valence-electron chi connectivity index (χ0n) is 8.33. The molecule has 1 heterocycles. The Labute approximate surface area is 79.7 Å². The molecule has 3 nitrogen and oxygen atoms in total. The molecule has 13 heavy (non-hydrogen) atoms. The van der Waals surface area contributed by atoms with E-state index >= 15 is 0 Å². The van der Waals surface area contributed by atoms with E-state index in [9.17, 15) is 0 Å². The van der Waals surface area contributed by atoms with Crippen LogP contribution in [-0.2, 0) is 4.74 Å². The Balaban J connectivity index is 1.76. The Hall–Kier alpha value is -0.120. The number of hydrogen-bond donors (Lipinski definition) is 1. The number of aliphatic hydroxyl groups excluding tert-OH is 1. The van der Waals surface area contributed by atoms with Crippen LogP contribution in [0.3, 0.4) is 0 Å². The van der Waals surface area contributed by atoms with E-state index in [2.05, 4.69) is 4.90 Å². The summed E-state index contributed by atoms with van der Waals surface area (Å²) in [7, 11) is 1.70. The van der Waals surface area contributed by atoms with E-state index < -0.39 is 0 Å². The zero-order valence-corrected chi connectivity index (χ0v) is 8.33. The number of likely N-dealkylation sites (tertiary alicyclic amines) is 1. The smallest absolute Gasteiger partial charge is 0.0640 e. The van der Waals surface area contributed by atoms with Crippen LogP contribution in [0.1, 0.15) is 19.3 Å². The lowest BCUT2D eigenvalue weighted by Gasteiger charge is -2.58. The first kappa shape index (κ1) is 9.44. The molecule has 2 fully saturated rings. The second-order valence-corrected chi connectivity index (χ2v) is 4.55. The van der Waals surface area contributed by atoms with Crippen molar-refractivity contribution >= 4 is 0 Å². The highest BCUT2D eigenvalue weighted by molar-refractivity contribution is 5.02. The van der Waals surface area contributed by atoms with Crippen LogP contribution in [-0.4, -0.2) is 49.5 Å². The average molecular weight is 185 g/mol. The summed E-state index contributed by atoms with van der Waals surface area (Å²) in [5.74, 6) is 0. The summed E-state index contributed by atoms with van der Waals surface area (Å²) < 4.78 is 5.07. The monoisotopic (exact) mass is 185 g/mol. The molecule has 1 aliphatic heterocycles. The van der Waals surface area contributed by atoms with Crippen LogP contribution in [0.2, 0.25) is 0 Å². The van der Waals surface area contributed by atoms with Crippen molar-refractivity contribution in [2.24, 2.45) is 5.41 Å². The molecule has 0 aromatic heterocycles. The Morgan fingerprint density at radius 3 is 2.54 bits per heavy atom. The highest BCUT2D eigenvalue weighted by Gasteiger charge is 2.48. The normalized spacial score (nSPS) is 28.2. The van der Waals surface area contributed by atoms with Gasteiger partial charge < -0.3 is 9.84 Å². The minimum absolute atomic E-state index is 0.226. The van der Waals surface area contributed by atoms with Gasteiger partial charge in [-0.1, -0.05) is 6.42 Å². The lowest BCUT2D eigenvalue weighted by molar-refractivity contribution is -0.104. The highest BCUT2D eigenvalue weighted by atomic mass is 16.5. The van der Waals surface area contributed by atoms with Gasteiger partial charge >= 0.3 is 0 Å². The fourth-order valence-electron chi connectivity index (χ4n) is 2.53. The number of aliphatic hydroxyl groups is 1. The van der Waals surface area contributed by atoms with Crippen molar-refractivity contribution in [3.05, 3.63) is 0 Å². The van der Waals surface area contributed by atoms with Crippen LogP contribution in [0.4, 0.5) is 0 Å². The molecule has 1 spiro atoms. The predicted octanol–water partition coefficient (Wildman–Crippen LogP) is 0.480. The molecular weight excluding hydrogens is 166 g/mol. The first-order valence-electron chi connectivity index (χ1n) is 5.13.